The molecule has 3 aromatic rings. The first kappa shape index (κ1) is 21.2. The summed E-state index contributed by atoms with van der Waals surface area (Å²) in [6.07, 6.45) is 0. The Kier molecular flexibility index (Phi) is 5.35. The predicted octanol–water partition coefficient (Wildman–Crippen LogP) is 5.90. The van der Waals surface area contributed by atoms with E-state index in [9.17, 15) is 4.79 Å². The number of hydrogen-bond donors (Lipinski definition) is 2. The molecule has 0 saturated carbocycles. The van der Waals surface area contributed by atoms with E-state index in [1.165, 1.54) is 0 Å². The molecule has 2 heterocycles. The lowest BCUT2D eigenvalue weighted by atomic mass is 9.78. The van der Waals surface area contributed by atoms with Crippen LogP contribution in [0.2, 0.25) is 5.02 Å². The van der Waals surface area contributed by atoms with Gasteiger partial charge in [-0.2, -0.15) is 0 Å². The summed E-state index contributed by atoms with van der Waals surface area (Å²) in [5, 5.41) is 7.53. The minimum atomic E-state index is -1.06. The van der Waals surface area contributed by atoms with Crippen LogP contribution in [0.4, 0.5) is 11.4 Å². The number of anilines is 2. The quantitative estimate of drug-likeness (QED) is 0.415. The number of hydrogen-bond acceptors (Lipinski definition) is 3. The number of rotatable bonds is 3. The smallest absolute Gasteiger partial charge is 0.236 e. The molecule has 162 valence electrons. The maximum absolute atomic E-state index is 13.7. The number of carbonyl (C=O) groups is 1. The van der Waals surface area contributed by atoms with Crippen LogP contribution in [-0.2, 0) is 4.79 Å². The molecule has 2 bridgehead atoms. The highest BCUT2D eigenvalue weighted by Gasteiger charge is 2.59. The Balaban J connectivity index is 1.61. The van der Waals surface area contributed by atoms with E-state index in [1.807, 2.05) is 60.4 Å². The fourth-order valence-corrected chi connectivity index (χ4v) is 5.41. The molecule has 2 aliphatic rings. The second-order valence-corrected chi connectivity index (χ2v) is 9.65. The number of halogens is 2. The Labute approximate surface area is 204 Å². The third kappa shape index (κ3) is 3.54. The van der Waals surface area contributed by atoms with Crippen LogP contribution in [0.3, 0.4) is 0 Å². The monoisotopic (exact) mass is 527 g/mol. The van der Waals surface area contributed by atoms with Gasteiger partial charge in [-0.25, -0.2) is 0 Å². The normalized spacial score (nSPS) is 23.6. The van der Waals surface area contributed by atoms with Gasteiger partial charge in [-0.3, -0.25) is 9.69 Å². The van der Waals surface area contributed by atoms with Crippen LogP contribution in [0.15, 0.2) is 77.3 Å². The summed E-state index contributed by atoms with van der Waals surface area (Å²) in [7, 11) is 0. The number of carbonyl (C=O) groups excluding carboxylic acids is 1. The van der Waals surface area contributed by atoms with E-state index in [2.05, 4.69) is 26.6 Å². The Bertz CT molecular complexity index is 1220. The molecule has 3 atom stereocenters. The molecule has 5 rings (SSSR count). The minimum absolute atomic E-state index is 0.177. The largest absolute Gasteiger partial charge is 0.467 e. The van der Waals surface area contributed by atoms with Crippen molar-refractivity contribution in [1.29, 1.82) is 0 Å². The van der Waals surface area contributed by atoms with Gasteiger partial charge in [-0.15, -0.1) is 0 Å². The Morgan fingerprint density at radius 3 is 2.66 bits per heavy atom. The summed E-state index contributed by atoms with van der Waals surface area (Å²) in [5.74, 6) is -0.0476. The Morgan fingerprint density at radius 2 is 1.91 bits per heavy atom. The van der Waals surface area contributed by atoms with Gasteiger partial charge in [0.2, 0.25) is 5.91 Å². The zero-order valence-electron chi connectivity index (χ0n) is 17.0. The van der Waals surface area contributed by atoms with Gasteiger partial charge >= 0.3 is 0 Å². The molecule has 0 spiro atoms. The lowest BCUT2D eigenvalue weighted by molar-refractivity contribution is -0.130. The van der Waals surface area contributed by atoms with E-state index in [0.29, 0.717) is 15.8 Å². The number of benzene rings is 3. The molecule has 3 aromatic carbocycles. The molecule has 0 unspecified atom stereocenters. The molecule has 1 amide bonds. The standard InChI is InChI=1S/C24H19BrClN3O2S/c1-24-20(22(30)27-16-11-9-15(26)10-12-16)21(18-7-2-3-8-19(18)31-24)28-23(32)29(24)17-6-4-5-14(25)13-17/h2-13,20-21H,1H3,(H,27,30)(H,28,32)/t20-,21+,24+/m1/s1. The van der Waals surface area contributed by atoms with Crippen LogP contribution in [-0.4, -0.2) is 16.7 Å². The molecule has 0 aromatic heterocycles. The Morgan fingerprint density at radius 1 is 1.16 bits per heavy atom. The van der Waals surface area contributed by atoms with Gasteiger partial charge in [0, 0.05) is 26.4 Å². The second-order valence-electron chi connectivity index (χ2n) is 7.91. The van der Waals surface area contributed by atoms with E-state index < -0.39 is 11.6 Å². The summed E-state index contributed by atoms with van der Waals surface area (Å²) in [6.45, 7) is 1.91. The van der Waals surface area contributed by atoms with Crippen molar-refractivity contribution in [3.63, 3.8) is 0 Å². The van der Waals surface area contributed by atoms with Crippen LogP contribution >= 0.6 is 39.7 Å². The minimum Gasteiger partial charge on any atom is -0.467 e. The molecule has 32 heavy (non-hydrogen) atoms. The number of thiocarbonyl (C=S) groups is 1. The average molecular weight is 529 g/mol. The number of nitrogens with zero attached hydrogens (tertiary/aromatic N) is 1. The van der Waals surface area contributed by atoms with E-state index in [1.54, 1.807) is 24.3 Å². The summed E-state index contributed by atoms with van der Waals surface area (Å²) < 4.78 is 7.46. The molecule has 5 nitrogen and oxygen atoms in total. The highest BCUT2D eigenvalue weighted by Crippen LogP contribution is 2.49. The topological polar surface area (TPSA) is 53.6 Å². The Hall–Kier alpha value is -2.61. The van der Waals surface area contributed by atoms with Crippen molar-refractivity contribution in [1.82, 2.24) is 5.32 Å². The van der Waals surface area contributed by atoms with Crippen LogP contribution in [0.5, 0.6) is 5.75 Å². The third-order valence-electron chi connectivity index (χ3n) is 5.87. The van der Waals surface area contributed by atoms with Gasteiger partial charge in [0.1, 0.15) is 11.7 Å². The molecular weight excluding hydrogens is 510 g/mol. The molecule has 1 fully saturated rings. The van der Waals surface area contributed by atoms with Crippen LogP contribution < -0.4 is 20.3 Å². The van der Waals surface area contributed by atoms with Crippen LogP contribution in [0.25, 0.3) is 0 Å². The number of fused-ring (bicyclic) bond motifs is 4. The fourth-order valence-electron chi connectivity index (χ4n) is 4.49. The zero-order chi connectivity index (χ0) is 22.5. The average Bonchev–Trinajstić information content (AvgIpc) is 2.74. The first-order valence-electron chi connectivity index (χ1n) is 10.1. The van der Waals surface area contributed by atoms with Gasteiger partial charge in [-0.05, 0) is 67.7 Å². The molecule has 0 radical (unpaired) electrons. The van der Waals surface area contributed by atoms with Crippen molar-refractivity contribution >= 4 is 62.1 Å². The summed E-state index contributed by atoms with van der Waals surface area (Å²) in [6, 6.07) is 22.2. The summed E-state index contributed by atoms with van der Waals surface area (Å²) >= 11 is 15.3. The van der Waals surface area contributed by atoms with Crippen molar-refractivity contribution in [2.24, 2.45) is 5.92 Å². The van der Waals surface area contributed by atoms with E-state index in [0.717, 1.165) is 21.5 Å². The molecule has 2 aliphatic heterocycles. The highest BCUT2D eigenvalue weighted by atomic mass is 79.9. The molecule has 1 saturated heterocycles. The van der Waals surface area contributed by atoms with Crippen LogP contribution in [0, 0.1) is 5.92 Å². The first-order valence-corrected chi connectivity index (χ1v) is 11.7. The number of para-hydroxylation sites is 1. The van der Waals surface area contributed by atoms with Gasteiger partial charge < -0.3 is 15.4 Å². The lowest BCUT2D eigenvalue weighted by Crippen LogP contribution is -2.72. The number of amides is 1. The van der Waals surface area contributed by atoms with E-state index in [4.69, 9.17) is 28.6 Å². The van der Waals surface area contributed by atoms with Gasteiger partial charge in [0.25, 0.3) is 0 Å². The van der Waals surface area contributed by atoms with Gasteiger partial charge in [0.05, 0.1) is 6.04 Å². The second kappa shape index (κ2) is 8.06. The number of ether oxygens (including phenoxy) is 1. The molecular formula is C24H19BrClN3O2S. The molecule has 2 N–H and O–H groups in total. The number of nitrogens with one attached hydrogen (secondary N) is 2. The van der Waals surface area contributed by atoms with Gasteiger partial charge in [-0.1, -0.05) is 51.8 Å². The van der Waals surface area contributed by atoms with Crippen molar-refractivity contribution in [2.75, 3.05) is 10.2 Å². The van der Waals surface area contributed by atoms with Gasteiger partial charge in [0.15, 0.2) is 10.8 Å². The van der Waals surface area contributed by atoms with Crippen LogP contribution in [0.1, 0.15) is 18.5 Å². The SMILES string of the molecule is C[C@@]12Oc3ccccc3[C@H](NC(=S)N1c1cccc(Br)c1)[C@@H]2C(=O)Nc1ccc(Cl)cc1. The predicted molar refractivity (Wildman–Crippen MR) is 134 cm³/mol. The van der Waals surface area contributed by atoms with E-state index in [-0.39, 0.29) is 11.9 Å². The summed E-state index contributed by atoms with van der Waals surface area (Å²) in [4.78, 5) is 15.6. The van der Waals surface area contributed by atoms with Crippen molar-refractivity contribution < 1.29 is 9.53 Å². The first-order chi connectivity index (χ1) is 15.4. The highest BCUT2D eigenvalue weighted by molar-refractivity contribution is 9.10. The third-order valence-corrected chi connectivity index (χ3v) is 6.91. The van der Waals surface area contributed by atoms with Crippen molar-refractivity contribution in [2.45, 2.75) is 18.7 Å². The maximum atomic E-state index is 13.7. The fraction of sp³-hybridized carbons (Fsp3) is 0.167. The van der Waals surface area contributed by atoms with Crippen molar-refractivity contribution in [3.8, 4) is 5.75 Å². The lowest BCUT2D eigenvalue weighted by Gasteiger charge is -2.56. The molecule has 8 heteroatoms. The maximum Gasteiger partial charge on any atom is 0.236 e. The molecule has 0 aliphatic carbocycles. The van der Waals surface area contributed by atoms with E-state index >= 15 is 0 Å². The summed E-state index contributed by atoms with van der Waals surface area (Å²) in [5.41, 5.74) is 1.33. The van der Waals surface area contributed by atoms with Crippen molar-refractivity contribution in [3.05, 3.63) is 87.9 Å². The zero-order valence-corrected chi connectivity index (χ0v) is 20.2.